The lowest BCUT2D eigenvalue weighted by Crippen LogP contribution is -2.46. The van der Waals surface area contributed by atoms with Crippen LogP contribution in [0.25, 0.3) is 0 Å². The van der Waals surface area contributed by atoms with E-state index in [4.69, 9.17) is 20.9 Å². The van der Waals surface area contributed by atoms with Crippen molar-refractivity contribution in [3.05, 3.63) is 51.2 Å². The Kier molecular flexibility index (Phi) is 7.75. The predicted molar refractivity (Wildman–Crippen MR) is 139 cm³/mol. The van der Waals surface area contributed by atoms with Crippen molar-refractivity contribution < 1.29 is 23.9 Å². The van der Waals surface area contributed by atoms with Crippen molar-refractivity contribution in [2.75, 3.05) is 24.9 Å². The number of nitrogen functional groups attached to an aromatic ring is 1. The van der Waals surface area contributed by atoms with Gasteiger partial charge >= 0.3 is 0 Å². The largest absolute Gasteiger partial charge is 0.497 e. The fourth-order valence-corrected chi connectivity index (χ4v) is 5.81. The number of methoxy groups -OCH3 is 2. The van der Waals surface area contributed by atoms with E-state index >= 15 is 0 Å². The minimum atomic E-state index is -1.03. The van der Waals surface area contributed by atoms with E-state index in [1.165, 1.54) is 30.5 Å². The Morgan fingerprint density at radius 3 is 2.50 bits per heavy atom. The molecule has 1 fully saturated rings. The van der Waals surface area contributed by atoms with Crippen LogP contribution < -0.4 is 31.2 Å². The van der Waals surface area contributed by atoms with Crippen LogP contribution in [0.3, 0.4) is 0 Å². The van der Waals surface area contributed by atoms with Gasteiger partial charge in [0.1, 0.15) is 16.4 Å². The zero-order valence-electron chi connectivity index (χ0n) is 19.9. The number of anilines is 2. The van der Waals surface area contributed by atoms with Gasteiger partial charge in [0.05, 0.1) is 25.6 Å². The van der Waals surface area contributed by atoms with Crippen molar-refractivity contribution in [2.24, 2.45) is 5.73 Å². The average Bonchev–Trinajstić information content (AvgIpc) is 3.64. The average molecular weight is 530 g/mol. The number of carbonyl (C=O) groups excluding carboxylic acids is 3. The minimum absolute atomic E-state index is 0.00288. The predicted octanol–water partition coefficient (Wildman–Crippen LogP) is 3.35. The number of hydrogen-bond acceptors (Lipinski definition) is 9. The van der Waals surface area contributed by atoms with Gasteiger partial charge in [0.2, 0.25) is 5.91 Å². The minimum Gasteiger partial charge on any atom is -0.497 e. The molecule has 2 heterocycles. The summed E-state index contributed by atoms with van der Waals surface area (Å²) in [7, 11) is 2.98. The Bertz CT molecular complexity index is 1250. The molecule has 4 rings (SSSR count). The van der Waals surface area contributed by atoms with E-state index in [0.717, 1.165) is 37.2 Å². The smallest absolute Gasteiger partial charge is 0.273 e. The summed E-state index contributed by atoms with van der Waals surface area (Å²) < 4.78 is 14.9. The standard InChI is InChI=1S/C24H27N5O5S2/c1-33-14-9-10-15(16(12-14)34-2)29(24(32)21-18(25)19(22(26)30)28-36-21)20(17-8-5-11-35-17)23(31)27-13-6-3-4-7-13/h5,8-13,20H,3-4,6-7,25H2,1-2H3,(H2,26,30)(H,27,31)/t20-/m1/s1. The first-order chi connectivity index (χ1) is 17.3. The van der Waals surface area contributed by atoms with Gasteiger partial charge in [-0.3, -0.25) is 19.3 Å². The Labute approximate surface area is 216 Å². The lowest BCUT2D eigenvalue weighted by atomic mass is 10.1. The molecular formula is C24H27N5O5S2. The second kappa shape index (κ2) is 11.0. The molecule has 0 spiro atoms. The van der Waals surface area contributed by atoms with E-state index < -0.39 is 17.9 Å². The monoisotopic (exact) mass is 529 g/mol. The molecule has 0 bridgehead atoms. The number of amides is 3. The van der Waals surface area contributed by atoms with Crippen molar-refractivity contribution in [3.63, 3.8) is 0 Å². The maximum Gasteiger partial charge on any atom is 0.273 e. The van der Waals surface area contributed by atoms with E-state index in [1.807, 2.05) is 11.4 Å². The molecule has 1 aliphatic carbocycles. The molecule has 1 atom stereocenters. The van der Waals surface area contributed by atoms with Crippen LogP contribution in [0.5, 0.6) is 11.5 Å². The van der Waals surface area contributed by atoms with Gasteiger partial charge in [0.25, 0.3) is 11.8 Å². The molecule has 10 nitrogen and oxygen atoms in total. The molecule has 5 N–H and O–H groups in total. The van der Waals surface area contributed by atoms with E-state index in [2.05, 4.69) is 9.69 Å². The molecule has 2 aromatic heterocycles. The molecule has 12 heteroatoms. The van der Waals surface area contributed by atoms with Gasteiger partial charge in [-0.1, -0.05) is 18.9 Å². The van der Waals surface area contributed by atoms with Gasteiger partial charge in [0, 0.05) is 17.0 Å². The van der Waals surface area contributed by atoms with E-state index in [0.29, 0.717) is 22.1 Å². The Balaban J connectivity index is 1.87. The number of primary amides is 1. The summed E-state index contributed by atoms with van der Waals surface area (Å²) in [5, 5.41) is 4.95. The van der Waals surface area contributed by atoms with Crippen molar-refractivity contribution in [1.29, 1.82) is 0 Å². The summed E-state index contributed by atoms with van der Waals surface area (Å²) in [6.07, 6.45) is 3.84. The molecular weight excluding hydrogens is 502 g/mol. The molecule has 36 heavy (non-hydrogen) atoms. The number of nitrogens with two attached hydrogens (primary N) is 2. The molecule has 0 radical (unpaired) electrons. The lowest BCUT2D eigenvalue weighted by molar-refractivity contribution is -0.123. The number of thiophene rings is 1. The van der Waals surface area contributed by atoms with Crippen LogP contribution >= 0.6 is 22.9 Å². The second-order valence-electron chi connectivity index (χ2n) is 8.26. The summed E-state index contributed by atoms with van der Waals surface area (Å²) in [5.41, 5.74) is 11.5. The number of aromatic nitrogens is 1. The highest BCUT2D eigenvalue weighted by atomic mass is 32.1. The third-order valence-electron chi connectivity index (χ3n) is 6.04. The Hall–Kier alpha value is -3.64. The highest BCUT2D eigenvalue weighted by Gasteiger charge is 2.38. The normalized spacial score (nSPS) is 14.3. The van der Waals surface area contributed by atoms with Crippen molar-refractivity contribution in [2.45, 2.75) is 37.8 Å². The fourth-order valence-electron chi connectivity index (χ4n) is 4.26. The third-order valence-corrected chi connectivity index (χ3v) is 7.82. The van der Waals surface area contributed by atoms with Crippen LogP contribution in [0, 0.1) is 0 Å². The molecule has 1 aliphatic rings. The van der Waals surface area contributed by atoms with Gasteiger partial charge in [-0.05, 0) is 48.0 Å². The summed E-state index contributed by atoms with van der Waals surface area (Å²) >= 11 is 2.11. The summed E-state index contributed by atoms with van der Waals surface area (Å²) in [6, 6.07) is 7.56. The maximum absolute atomic E-state index is 14.1. The summed E-state index contributed by atoms with van der Waals surface area (Å²) in [5.74, 6) is -0.949. The number of ether oxygens (including phenoxy) is 2. The van der Waals surface area contributed by atoms with Crippen LogP contribution in [-0.2, 0) is 4.79 Å². The van der Waals surface area contributed by atoms with E-state index in [1.54, 1.807) is 24.3 Å². The SMILES string of the molecule is COc1ccc(N(C(=O)c2snc(C(N)=O)c2N)[C@@H](C(=O)NC2CCCC2)c2cccs2)c(OC)c1. The molecule has 0 aliphatic heterocycles. The highest BCUT2D eigenvalue weighted by Crippen LogP contribution is 2.40. The Morgan fingerprint density at radius 1 is 1.17 bits per heavy atom. The quantitative estimate of drug-likeness (QED) is 0.385. The molecule has 3 aromatic rings. The first kappa shape index (κ1) is 25.5. The first-order valence-electron chi connectivity index (χ1n) is 11.3. The van der Waals surface area contributed by atoms with Gasteiger partial charge in [-0.2, -0.15) is 4.37 Å². The van der Waals surface area contributed by atoms with Gasteiger partial charge < -0.3 is 26.3 Å². The molecule has 1 aromatic carbocycles. The number of nitrogens with zero attached hydrogens (tertiary/aromatic N) is 2. The van der Waals surface area contributed by atoms with Crippen LogP contribution in [0.15, 0.2) is 35.7 Å². The molecule has 3 amide bonds. The molecule has 0 unspecified atom stereocenters. The second-order valence-corrected chi connectivity index (χ2v) is 10.0. The van der Waals surface area contributed by atoms with Crippen molar-refractivity contribution >= 4 is 52.0 Å². The maximum atomic E-state index is 14.1. The Morgan fingerprint density at radius 2 is 1.92 bits per heavy atom. The number of nitrogens with one attached hydrogen (secondary N) is 1. The fraction of sp³-hybridized carbons (Fsp3) is 0.333. The first-order valence-corrected chi connectivity index (χ1v) is 12.9. The van der Waals surface area contributed by atoms with Crippen LogP contribution in [0.4, 0.5) is 11.4 Å². The molecule has 190 valence electrons. The zero-order valence-corrected chi connectivity index (χ0v) is 21.5. The van der Waals surface area contributed by atoms with Crippen LogP contribution in [-0.4, -0.2) is 42.4 Å². The third kappa shape index (κ3) is 5.00. The van der Waals surface area contributed by atoms with Gasteiger partial charge in [-0.15, -0.1) is 11.3 Å². The molecule has 0 saturated heterocycles. The van der Waals surface area contributed by atoms with Crippen molar-refractivity contribution in [1.82, 2.24) is 9.69 Å². The van der Waals surface area contributed by atoms with Gasteiger partial charge in [0.15, 0.2) is 11.7 Å². The number of hydrogen-bond donors (Lipinski definition) is 3. The number of benzene rings is 1. The molecule has 1 saturated carbocycles. The number of rotatable bonds is 9. The van der Waals surface area contributed by atoms with Crippen LogP contribution in [0.2, 0.25) is 0 Å². The summed E-state index contributed by atoms with van der Waals surface area (Å²) in [6.45, 7) is 0. The topological polar surface area (TPSA) is 150 Å². The lowest BCUT2D eigenvalue weighted by Gasteiger charge is -2.32. The van der Waals surface area contributed by atoms with E-state index in [9.17, 15) is 14.4 Å². The van der Waals surface area contributed by atoms with E-state index in [-0.39, 0.29) is 28.2 Å². The van der Waals surface area contributed by atoms with Crippen molar-refractivity contribution in [3.8, 4) is 11.5 Å². The number of carbonyl (C=O) groups is 3. The van der Waals surface area contributed by atoms with Gasteiger partial charge in [-0.25, -0.2) is 0 Å². The van der Waals surface area contributed by atoms with Crippen LogP contribution in [0.1, 0.15) is 56.8 Å². The highest BCUT2D eigenvalue weighted by molar-refractivity contribution is 7.10. The summed E-state index contributed by atoms with van der Waals surface area (Å²) in [4.78, 5) is 41.6. The zero-order chi connectivity index (χ0) is 25.8.